The van der Waals surface area contributed by atoms with Crippen molar-refractivity contribution in [3.63, 3.8) is 0 Å². The summed E-state index contributed by atoms with van der Waals surface area (Å²) in [6.45, 7) is -0.0774. The Kier molecular flexibility index (Phi) is 5.15. The van der Waals surface area contributed by atoms with Gasteiger partial charge in [0.2, 0.25) is 5.91 Å². The number of hydrogen-bond donors (Lipinski definition) is 2. The second kappa shape index (κ2) is 6.43. The Bertz CT molecular complexity index is 328. The van der Waals surface area contributed by atoms with E-state index in [0.29, 0.717) is 24.4 Å². The van der Waals surface area contributed by atoms with Crippen LogP contribution in [0.4, 0.5) is 5.69 Å². The number of aliphatic hydroxyl groups excluding tert-OH is 1. The number of amides is 1. The number of halogens is 1. The molecule has 0 bridgehead atoms. The van der Waals surface area contributed by atoms with Gasteiger partial charge in [0.25, 0.3) is 0 Å². The van der Waals surface area contributed by atoms with Crippen molar-refractivity contribution in [2.45, 2.75) is 19.4 Å². The molecule has 0 saturated heterocycles. The van der Waals surface area contributed by atoms with Gasteiger partial charge in [-0.2, -0.15) is 0 Å². The minimum atomic E-state index is -0.0774. The molecule has 0 fully saturated rings. The molecular weight excluding hydrogens is 214 g/mol. The standard InChI is InChI=1S/C11H14ClNO2/c12-7-3-6-11(15)13-10-5-2-1-4-9(10)8-14/h1-2,4-5,14H,3,6-8H2,(H,13,15). The van der Waals surface area contributed by atoms with E-state index in [2.05, 4.69) is 5.32 Å². The Balaban J connectivity index is 2.59. The highest BCUT2D eigenvalue weighted by Crippen LogP contribution is 2.15. The van der Waals surface area contributed by atoms with Gasteiger partial charge in [-0.05, 0) is 12.5 Å². The molecule has 1 amide bonds. The zero-order valence-corrected chi connectivity index (χ0v) is 9.13. The molecule has 3 nitrogen and oxygen atoms in total. The van der Waals surface area contributed by atoms with Gasteiger partial charge in [0.1, 0.15) is 0 Å². The molecule has 4 heteroatoms. The van der Waals surface area contributed by atoms with Crippen LogP contribution in [0.3, 0.4) is 0 Å². The summed E-state index contributed by atoms with van der Waals surface area (Å²) < 4.78 is 0. The number of anilines is 1. The Labute approximate surface area is 94.1 Å². The summed E-state index contributed by atoms with van der Waals surface area (Å²) >= 11 is 5.49. The molecule has 1 rings (SSSR count). The average molecular weight is 228 g/mol. The summed E-state index contributed by atoms with van der Waals surface area (Å²) in [5.41, 5.74) is 1.39. The van der Waals surface area contributed by atoms with E-state index in [1.54, 1.807) is 12.1 Å². The molecule has 0 aliphatic carbocycles. The van der Waals surface area contributed by atoms with Gasteiger partial charge < -0.3 is 10.4 Å². The number of benzene rings is 1. The second-order valence-electron chi connectivity index (χ2n) is 3.16. The maximum Gasteiger partial charge on any atom is 0.224 e. The van der Waals surface area contributed by atoms with Crippen molar-refractivity contribution in [3.05, 3.63) is 29.8 Å². The highest BCUT2D eigenvalue weighted by Gasteiger charge is 2.04. The van der Waals surface area contributed by atoms with Gasteiger partial charge >= 0.3 is 0 Å². The fraction of sp³-hybridized carbons (Fsp3) is 0.364. The third-order valence-electron chi connectivity index (χ3n) is 2.00. The number of alkyl halides is 1. The van der Waals surface area contributed by atoms with Gasteiger partial charge in [-0.3, -0.25) is 4.79 Å². The van der Waals surface area contributed by atoms with Crippen molar-refractivity contribution in [2.75, 3.05) is 11.2 Å². The van der Waals surface area contributed by atoms with Crippen molar-refractivity contribution >= 4 is 23.2 Å². The molecule has 0 heterocycles. The molecule has 0 aliphatic heterocycles. The zero-order valence-electron chi connectivity index (χ0n) is 8.37. The van der Waals surface area contributed by atoms with Gasteiger partial charge in [0.15, 0.2) is 0 Å². The first kappa shape index (κ1) is 12.0. The number of hydrogen-bond acceptors (Lipinski definition) is 2. The molecule has 82 valence electrons. The van der Waals surface area contributed by atoms with Crippen molar-refractivity contribution in [2.24, 2.45) is 0 Å². The topological polar surface area (TPSA) is 49.3 Å². The molecule has 2 N–H and O–H groups in total. The monoisotopic (exact) mass is 227 g/mol. The maximum absolute atomic E-state index is 11.4. The van der Waals surface area contributed by atoms with Crippen molar-refractivity contribution in [3.8, 4) is 0 Å². The van der Waals surface area contributed by atoms with Crippen LogP contribution in [0.15, 0.2) is 24.3 Å². The van der Waals surface area contributed by atoms with Gasteiger partial charge in [-0.15, -0.1) is 11.6 Å². The van der Waals surface area contributed by atoms with E-state index in [0.717, 1.165) is 5.56 Å². The minimum Gasteiger partial charge on any atom is -0.392 e. The minimum absolute atomic E-state index is 0.0726. The molecule has 0 atom stereocenters. The quantitative estimate of drug-likeness (QED) is 0.758. The predicted molar refractivity (Wildman–Crippen MR) is 60.9 cm³/mol. The lowest BCUT2D eigenvalue weighted by atomic mass is 10.2. The van der Waals surface area contributed by atoms with Crippen LogP contribution in [0.5, 0.6) is 0 Å². The van der Waals surface area contributed by atoms with E-state index in [-0.39, 0.29) is 12.5 Å². The summed E-state index contributed by atoms with van der Waals surface area (Å²) in [5, 5.41) is 11.8. The van der Waals surface area contributed by atoms with Gasteiger partial charge in [-0.1, -0.05) is 18.2 Å². The van der Waals surface area contributed by atoms with Crippen LogP contribution >= 0.6 is 11.6 Å². The Morgan fingerprint density at radius 2 is 2.13 bits per heavy atom. The molecule has 15 heavy (non-hydrogen) atoms. The van der Waals surface area contributed by atoms with Crippen molar-refractivity contribution < 1.29 is 9.90 Å². The molecule has 1 aromatic carbocycles. The summed E-state index contributed by atoms with van der Waals surface area (Å²) in [5.74, 6) is 0.409. The number of rotatable bonds is 5. The Morgan fingerprint density at radius 3 is 2.80 bits per heavy atom. The summed E-state index contributed by atoms with van der Waals surface area (Å²) in [6, 6.07) is 7.18. The number of carbonyl (C=O) groups is 1. The van der Waals surface area contributed by atoms with Crippen molar-refractivity contribution in [1.29, 1.82) is 0 Å². The van der Waals surface area contributed by atoms with Crippen LogP contribution in [0.1, 0.15) is 18.4 Å². The van der Waals surface area contributed by atoms with Gasteiger partial charge in [0, 0.05) is 23.6 Å². The molecular formula is C11H14ClNO2. The van der Waals surface area contributed by atoms with Crippen LogP contribution in [-0.2, 0) is 11.4 Å². The molecule has 1 aromatic rings. The first-order valence-electron chi connectivity index (χ1n) is 4.82. The van der Waals surface area contributed by atoms with Crippen LogP contribution in [-0.4, -0.2) is 16.9 Å². The van der Waals surface area contributed by atoms with Crippen LogP contribution in [0, 0.1) is 0 Å². The lowest BCUT2D eigenvalue weighted by molar-refractivity contribution is -0.116. The van der Waals surface area contributed by atoms with Crippen LogP contribution < -0.4 is 5.32 Å². The van der Waals surface area contributed by atoms with E-state index >= 15 is 0 Å². The average Bonchev–Trinajstić information content (AvgIpc) is 2.27. The third kappa shape index (κ3) is 3.90. The van der Waals surface area contributed by atoms with Gasteiger partial charge in [-0.25, -0.2) is 0 Å². The molecule has 0 aliphatic rings. The van der Waals surface area contributed by atoms with Crippen LogP contribution in [0.25, 0.3) is 0 Å². The third-order valence-corrected chi connectivity index (χ3v) is 2.27. The summed E-state index contributed by atoms with van der Waals surface area (Å²) in [6.07, 6.45) is 1.07. The molecule has 0 aromatic heterocycles. The molecule has 0 spiro atoms. The van der Waals surface area contributed by atoms with Crippen LogP contribution in [0.2, 0.25) is 0 Å². The highest BCUT2D eigenvalue weighted by atomic mass is 35.5. The zero-order chi connectivity index (χ0) is 11.1. The first-order chi connectivity index (χ1) is 7.27. The number of nitrogens with one attached hydrogen (secondary N) is 1. The Morgan fingerprint density at radius 1 is 1.40 bits per heavy atom. The predicted octanol–water partition coefficient (Wildman–Crippen LogP) is 2.14. The SMILES string of the molecule is O=C(CCCCl)Nc1ccccc1CO. The molecule has 0 unspecified atom stereocenters. The number of aliphatic hydroxyl groups is 1. The first-order valence-corrected chi connectivity index (χ1v) is 5.36. The van der Waals surface area contributed by atoms with E-state index in [4.69, 9.17) is 16.7 Å². The lowest BCUT2D eigenvalue weighted by Crippen LogP contribution is -2.12. The summed E-state index contributed by atoms with van der Waals surface area (Å²) in [4.78, 5) is 11.4. The second-order valence-corrected chi connectivity index (χ2v) is 3.53. The normalized spacial score (nSPS) is 10.0. The highest BCUT2D eigenvalue weighted by molar-refractivity contribution is 6.18. The maximum atomic E-state index is 11.4. The fourth-order valence-electron chi connectivity index (χ4n) is 1.22. The number of para-hydroxylation sites is 1. The smallest absolute Gasteiger partial charge is 0.224 e. The summed E-state index contributed by atoms with van der Waals surface area (Å²) in [7, 11) is 0. The van der Waals surface area contributed by atoms with E-state index in [1.807, 2.05) is 12.1 Å². The largest absolute Gasteiger partial charge is 0.392 e. The molecule has 0 radical (unpaired) electrons. The van der Waals surface area contributed by atoms with Gasteiger partial charge in [0.05, 0.1) is 6.61 Å². The van der Waals surface area contributed by atoms with E-state index in [1.165, 1.54) is 0 Å². The van der Waals surface area contributed by atoms with E-state index in [9.17, 15) is 4.79 Å². The lowest BCUT2D eigenvalue weighted by Gasteiger charge is -2.08. The Hall–Kier alpha value is -1.06. The van der Waals surface area contributed by atoms with E-state index < -0.39 is 0 Å². The molecule has 0 saturated carbocycles. The number of carbonyl (C=O) groups excluding carboxylic acids is 1. The van der Waals surface area contributed by atoms with Crippen molar-refractivity contribution in [1.82, 2.24) is 0 Å². The fourth-order valence-corrected chi connectivity index (χ4v) is 1.35.